The molecule has 5 heteroatoms. The second-order valence-corrected chi connectivity index (χ2v) is 5.99. The molecule has 18 heavy (non-hydrogen) atoms. The standard InChI is InChI=1S/C13H10BrClFNS/c14-9-5-4-8(11(16)6-9)7-18-13-10(15)2-1-3-12(13)17/h1-6H,7,17H2. The Morgan fingerprint density at radius 1 is 1.28 bits per heavy atom. The molecule has 0 amide bonds. The first kappa shape index (κ1) is 13.7. The highest BCUT2D eigenvalue weighted by molar-refractivity contribution is 9.10. The quantitative estimate of drug-likeness (QED) is 0.617. The lowest BCUT2D eigenvalue weighted by Crippen LogP contribution is -1.91. The molecule has 2 N–H and O–H groups in total. The molecule has 0 spiro atoms. The van der Waals surface area contributed by atoms with Gasteiger partial charge in [-0.2, -0.15) is 0 Å². The average Bonchev–Trinajstić information content (AvgIpc) is 2.31. The van der Waals surface area contributed by atoms with E-state index in [1.807, 2.05) is 6.07 Å². The van der Waals surface area contributed by atoms with Gasteiger partial charge in [0.15, 0.2) is 0 Å². The van der Waals surface area contributed by atoms with Gasteiger partial charge in [-0.3, -0.25) is 0 Å². The zero-order valence-electron chi connectivity index (χ0n) is 9.29. The Morgan fingerprint density at radius 2 is 2.06 bits per heavy atom. The van der Waals surface area contributed by atoms with Crippen LogP contribution in [0, 0.1) is 5.82 Å². The molecule has 0 saturated heterocycles. The fourth-order valence-corrected chi connectivity index (χ4v) is 3.12. The fraction of sp³-hybridized carbons (Fsp3) is 0.0769. The molecule has 0 fully saturated rings. The first-order chi connectivity index (χ1) is 8.58. The number of thioether (sulfide) groups is 1. The minimum Gasteiger partial charge on any atom is -0.398 e. The third-order valence-electron chi connectivity index (χ3n) is 2.38. The average molecular weight is 347 g/mol. The number of halogens is 3. The van der Waals surface area contributed by atoms with E-state index in [-0.39, 0.29) is 5.82 Å². The molecule has 2 aromatic carbocycles. The molecule has 0 aliphatic heterocycles. The summed E-state index contributed by atoms with van der Waals surface area (Å²) in [6.45, 7) is 0. The minimum atomic E-state index is -0.234. The lowest BCUT2D eigenvalue weighted by atomic mass is 10.2. The Hall–Kier alpha value is -0.710. The van der Waals surface area contributed by atoms with E-state index in [4.69, 9.17) is 17.3 Å². The smallest absolute Gasteiger partial charge is 0.128 e. The van der Waals surface area contributed by atoms with Crippen molar-refractivity contribution in [3.63, 3.8) is 0 Å². The van der Waals surface area contributed by atoms with Crippen LogP contribution in [0.25, 0.3) is 0 Å². The summed E-state index contributed by atoms with van der Waals surface area (Å²) in [5.74, 6) is 0.259. The van der Waals surface area contributed by atoms with E-state index in [2.05, 4.69) is 15.9 Å². The van der Waals surface area contributed by atoms with Gasteiger partial charge >= 0.3 is 0 Å². The maximum atomic E-state index is 13.6. The molecule has 2 aromatic rings. The number of hydrogen-bond donors (Lipinski definition) is 1. The van der Waals surface area contributed by atoms with Crippen molar-refractivity contribution in [3.8, 4) is 0 Å². The first-order valence-corrected chi connectivity index (χ1v) is 7.34. The summed E-state index contributed by atoms with van der Waals surface area (Å²) in [4.78, 5) is 0.793. The van der Waals surface area contributed by atoms with Crippen LogP contribution < -0.4 is 5.73 Å². The monoisotopic (exact) mass is 345 g/mol. The molecule has 0 heterocycles. The number of nitrogens with two attached hydrogens (primary N) is 1. The van der Waals surface area contributed by atoms with Crippen molar-refractivity contribution >= 4 is 45.0 Å². The van der Waals surface area contributed by atoms with Crippen LogP contribution in [0.15, 0.2) is 45.8 Å². The van der Waals surface area contributed by atoms with Gasteiger partial charge in [0.2, 0.25) is 0 Å². The molecule has 0 aromatic heterocycles. The van der Waals surface area contributed by atoms with Crippen molar-refractivity contribution in [2.45, 2.75) is 10.6 Å². The molecule has 0 bridgehead atoms. The van der Waals surface area contributed by atoms with Gasteiger partial charge in [0, 0.05) is 20.8 Å². The third-order valence-corrected chi connectivity index (χ3v) is 4.50. The molecular formula is C13H10BrClFNS. The van der Waals surface area contributed by atoms with Crippen molar-refractivity contribution in [1.29, 1.82) is 0 Å². The second-order valence-electron chi connectivity index (χ2n) is 3.68. The molecule has 1 nitrogen and oxygen atoms in total. The van der Waals surface area contributed by atoms with E-state index in [0.29, 0.717) is 22.0 Å². The van der Waals surface area contributed by atoms with Gasteiger partial charge in [0.25, 0.3) is 0 Å². The van der Waals surface area contributed by atoms with Crippen molar-refractivity contribution in [2.75, 3.05) is 5.73 Å². The third kappa shape index (κ3) is 3.19. The van der Waals surface area contributed by atoms with Gasteiger partial charge in [-0.05, 0) is 29.8 Å². The lowest BCUT2D eigenvalue weighted by molar-refractivity contribution is 0.616. The Kier molecular flexibility index (Phi) is 4.54. The zero-order chi connectivity index (χ0) is 13.1. The van der Waals surface area contributed by atoms with Crippen molar-refractivity contribution in [2.24, 2.45) is 0 Å². The molecule has 0 saturated carbocycles. The van der Waals surface area contributed by atoms with Crippen LogP contribution in [-0.4, -0.2) is 0 Å². The van der Waals surface area contributed by atoms with E-state index in [9.17, 15) is 4.39 Å². The Morgan fingerprint density at radius 3 is 2.72 bits per heavy atom. The van der Waals surface area contributed by atoms with Crippen molar-refractivity contribution in [1.82, 2.24) is 0 Å². The fourth-order valence-electron chi connectivity index (χ4n) is 1.47. The first-order valence-electron chi connectivity index (χ1n) is 5.18. The number of nitrogen functional groups attached to an aromatic ring is 1. The van der Waals surface area contributed by atoms with Gasteiger partial charge < -0.3 is 5.73 Å². The Bertz CT molecular complexity index is 557. The van der Waals surface area contributed by atoms with Crippen LogP contribution in [0.5, 0.6) is 0 Å². The molecule has 0 aliphatic rings. The van der Waals surface area contributed by atoms with Crippen LogP contribution in [0.2, 0.25) is 5.02 Å². The van der Waals surface area contributed by atoms with Crippen LogP contribution in [0.3, 0.4) is 0 Å². The van der Waals surface area contributed by atoms with Crippen LogP contribution in [0.4, 0.5) is 10.1 Å². The summed E-state index contributed by atoms with van der Waals surface area (Å²) < 4.78 is 14.4. The topological polar surface area (TPSA) is 26.0 Å². The summed E-state index contributed by atoms with van der Waals surface area (Å²) in [6.07, 6.45) is 0. The van der Waals surface area contributed by atoms with E-state index in [1.54, 1.807) is 24.3 Å². The highest BCUT2D eigenvalue weighted by Crippen LogP contribution is 2.35. The van der Waals surface area contributed by atoms with Crippen molar-refractivity contribution < 1.29 is 4.39 Å². The molecule has 94 valence electrons. The van der Waals surface area contributed by atoms with Gasteiger partial charge in [0.05, 0.1) is 5.02 Å². The lowest BCUT2D eigenvalue weighted by Gasteiger charge is -2.08. The maximum Gasteiger partial charge on any atom is 0.128 e. The number of benzene rings is 2. The van der Waals surface area contributed by atoms with E-state index >= 15 is 0 Å². The van der Waals surface area contributed by atoms with E-state index in [0.717, 1.165) is 9.37 Å². The molecule has 0 radical (unpaired) electrons. The Labute approximate surface area is 123 Å². The van der Waals surface area contributed by atoms with Gasteiger partial charge in [-0.25, -0.2) is 4.39 Å². The molecule has 2 rings (SSSR count). The molecule has 0 atom stereocenters. The van der Waals surface area contributed by atoms with Crippen LogP contribution in [0.1, 0.15) is 5.56 Å². The molecule has 0 unspecified atom stereocenters. The van der Waals surface area contributed by atoms with E-state index < -0.39 is 0 Å². The zero-order valence-corrected chi connectivity index (χ0v) is 12.4. The highest BCUT2D eigenvalue weighted by atomic mass is 79.9. The van der Waals surface area contributed by atoms with E-state index in [1.165, 1.54) is 17.8 Å². The van der Waals surface area contributed by atoms with Crippen LogP contribution >= 0.6 is 39.3 Å². The van der Waals surface area contributed by atoms with Gasteiger partial charge in [0.1, 0.15) is 5.82 Å². The predicted molar refractivity (Wildman–Crippen MR) is 79.5 cm³/mol. The maximum absolute atomic E-state index is 13.6. The van der Waals surface area contributed by atoms with Crippen LogP contribution in [-0.2, 0) is 5.75 Å². The number of anilines is 1. The van der Waals surface area contributed by atoms with Gasteiger partial charge in [-0.15, -0.1) is 11.8 Å². The summed E-state index contributed by atoms with van der Waals surface area (Å²) in [5.41, 5.74) is 7.08. The van der Waals surface area contributed by atoms with Gasteiger partial charge in [-0.1, -0.05) is 39.7 Å². The summed E-state index contributed by atoms with van der Waals surface area (Å²) in [5, 5.41) is 0.595. The SMILES string of the molecule is Nc1cccc(Cl)c1SCc1ccc(Br)cc1F. The highest BCUT2D eigenvalue weighted by Gasteiger charge is 2.08. The van der Waals surface area contributed by atoms with Crippen molar-refractivity contribution in [3.05, 3.63) is 57.3 Å². The Balaban J connectivity index is 2.16. The summed E-state index contributed by atoms with van der Waals surface area (Å²) >= 11 is 10.7. The molecule has 0 aliphatic carbocycles. The second kappa shape index (κ2) is 5.95. The summed E-state index contributed by atoms with van der Waals surface area (Å²) in [7, 11) is 0. The number of hydrogen-bond acceptors (Lipinski definition) is 2. The summed E-state index contributed by atoms with van der Waals surface area (Å²) in [6, 6.07) is 10.4. The predicted octanol–water partition coefficient (Wildman–Crippen LogP) is 5.12. The molecular weight excluding hydrogens is 337 g/mol. The normalized spacial score (nSPS) is 10.6. The largest absolute Gasteiger partial charge is 0.398 e. The number of rotatable bonds is 3. The minimum absolute atomic E-state index is 0.234.